The highest BCUT2D eigenvalue weighted by atomic mass is 32.1. The zero-order chi connectivity index (χ0) is 18.3. The van der Waals surface area contributed by atoms with Crippen molar-refractivity contribution in [2.24, 2.45) is 0 Å². The van der Waals surface area contributed by atoms with E-state index in [1.165, 1.54) is 15.5 Å². The molecule has 0 saturated carbocycles. The van der Waals surface area contributed by atoms with Gasteiger partial charge in [0.05, 0.1) is 0 Å². The first-order valence-corrected chi connectivity index (χ1v) is 9.17. The average Bonchev–Trinajstić information content (AvgIpc) is 3.21. The van der Waals surface area contributed by atoms with E-state index >= 15 is 0 Å². The minimum Gasteiger partial charge on any atom is -0.354 e. The maximum atomic E-state index is 3.93. The third-order valence-electron chi connectivity index (χ3n) is 3.55. The van der Waals surface area contributed by atoms with Crippen LogP contribution < -0.4 is 0 Å². The zero-order valence-electron chi connectivity index (χ0n) is 15.2. The van der Waals surface area contributed by atoms with E-state index < -0.39 is 0 Å². The number of hydrogen-bond donors (Lipinski definition) is 1. The Balaban J connectivity index is 0.000000671. The maximum Gasteiger partial charge on any atom is 0.0479 e. The number of aromatic nitrogens is 1. The number of nitrogens with one attached hydrogen (secondary N) is 1. The maximum absolute atomic E-state index is 3.93. The van der Waals surface area contributed by atoms with Crippen LogP contribution in [0.2, 0.25) is 0 Å². The fraction of sp³-hybridized carbons (Fsp3) is 0.182. The average molecular weight is 338 g/mol. The standard InChI is InChI=1S/C18H15NS.2C2H6/c1-5-11-13-9-10-15-17(18(13)20-16(11)8-4)12(6-2)14(7-3)19-15;2*1-2/h5-10,19H,1-4H2;2*1-2H3. The van der Waals surface area contributed by atoms with E-state index in [9.17, 15) is 0 Å². The third kappa shape index (κ3) is 3.15. The number of fused-ring (bicyclic) bond motifs is 3. The number of thiophene rings is 1. The van der Waals surface area contributed by atoms with Crippen molar-refractivity contribution >= 4 is 56.6 Å². The molecule has 0 aliphatic heterocycles. The molecule has 1 nitrogen and oxygen atoms in total. The number of benzene rings is 1. The molecule has 0 unspecified atom stereocenters. The van der Waals surface area contributed by atoms with E-state index in [1.54, 1.807) is 11.3 Å². The van der Waals surface area contributed by atoms with Crippen molar-refractivity contribution in [2.75, 3.05) is 0 Å². The van der Waals surface area contributed by atoms with Gasteiger partial charge in [0.2, 0.25) is 0 Å². The highest BCUT2D eigenvalue weighted by molar-refractivity contribution is 7.21. The molecule has 24 heavy (non-hydrogen) atoms. The quantitative estimate of drug-likeness (QED) is 0.496. The molecule has 0 spiro atoms. The van der Waals surface area contributed by atoms with Gasteiger partial charge in [-0.2, -0.15) is 0 Å². The Hall–Kier alpha value is -2.32. The topological polar surface area (TPSA) is 15.8 Å². The van der Waals surface area contributed by atoms with Gasteiger partial charge in [0.25, 0.3) is 0 Å². The van der Waals surface area contributed by atoms with Crippen LogP contribution in [-0.2, 0) is 0 Å². The van der Waals surface area contributed by atoms with Crippen LogP contribution in [0, 0.1) is 0 Å². The Labute approximate surface area is 149 Å². The lowest BCUT2D eigenvalue weighted by Gasteiger charge is -1.96. The van der Waals surface area contributed by atoms with E-state index in [0.29, 0.717) is 0 Å². The second-order valence-electron chi connectivity index (χ2n) is 4.51. The summed E-state index contributed by atoms with van der Waals surface area (Å²) in [6.07, 6.45) is 7.51. The Kier molecular flexibility index (Phi) is 7.47. The second kappa shape index (κ2) is 9.09. The van der Waals surface area contributed by atoms with Crippen LogP contribution in [0.4, 0.5) is 0 Å². The lowest BCUT2D eigenvalue weighted by molar-refractivity contribution is 1.43. The smallest absolute Gasteiger partial charge is 0.0479 e. The fourth-order valence-corrected chi connectivity index (χ4v) is 3.87. The summed E-state index contributed by atoms with van der Waals surface area (Å²) in [5.74, 6) is 0. The van der Waals surface area contributed by atoms with Gasteiger partial charge >= 0.3 is 0 Å². The first-order chi connectivity index (χ1) is 11.7. The van der Waals surface area contributed by atoms with Gasteiger partial charge in [-0.05, 0) is 17.7 Å². The molecular formula is C22H27NS. The summed E-state index contributed by atoms with van der Waals surface area (Å²) in [4.78, 5) is 4.54. The van der Waals surface area contributed by atoms with Crippen LogP contribution in [0.15, 0.2) is 38.4 Å². The molecule has 2 heteroatoms. The van der Waals surface area contributed by atoms with Gasteiger partial charge in [0.1, 0.15) is 0 Å². The molecule has 0 atom stereocenters. The molecule has 2 aromatic heterocycles. The van der Waals surface area contributed by atoms with Crippen molar-refractivity contribution in [3.8, 4) is 0 Å². The molecule has 2 heterocycles. The van der Waals surface area contributed by atoms with Gasteiger partial charge in [-0.3, -0.25) is 0 Å². The third-order valence-corrected chi connectivity index (χ3v) is 4.79. The molecule has 3 aromatic rings. The first kappa shape index (κ1) is 19.7. The Morgan fingerprint density at radius 2 is 1.46 bits per heavy atom. The minimum absolute atomic E-state index is 1.01. The zero-order valence-corrected chi connectivity index (χ0v) is 16.0. The van der Waals surface area contributed by atoms with Gasteiger partial charge in [-0.25, -0.2) is 0 Å². The van der Waals surface area contributed by atoms with Gasteiger partial charge < -0.3 is 4.98 Å². The molecule has 0 radical (unpaired) electrons. The molecule has 1 aromatic carbocycles. The monoisotopic (exact) mass is 337 g/mol. The number of aromatic amines is 1. The first-order valence-electron chi connectivity index (χ1n) is 8.36. The van der Waals surface area contributed by atoms with E-state index in [4.69, 9.17) is 0 Å². The molecule has 0 aliphatic carbocycles. The van der Waals surface area contributed by atoms with Crippen molar-refractivity contribution in [3.63, 3.8) is 0 Å². The molecular weight excluding hydrogens is 310 g/mol. The molecule has 0 bridgehead atoms. The highest BCUT2D eigenvalue weighted by Crippen LogP contribution is 2.40. The molecule has 126 valence electrons. The van der Waals surface area contributed by atoms with Gasteiger partial charge in [-0.1, -0.05) is 78.3 Å². The van der Waals surface area contributed by atoms with Crippen LogP contribution in [0.25, 0.3) is 45.3 Å². The predicted molar refractivity (Wildman–Crippen MR) is 117 cm³/mol. The van der Waals surface area contributed by atoms with E-state index in [1.807, 2.05) is 52.0 Å². The minimum atomic E-state index is 1.01. The largest absolute Gasteiger partial charge is 0.354 e. The van der Waals surface area contributed by atoms with Crippen LogP contribution in [0.1, 0.15) is 49.4 Å². The Morgan fingerprint density at radius 3 is 1.96 bits per heavy atom. The molecule has 0 saturated heterocycles. The van der Waals surface area contributed by atoms with Gasteiger partial charge in [0.15, 0.2) is 0 Å². The predicted octanol–water partition coefficient (Wildman–Crippen LogP) is 8.01. The van der Waals surface area contributed by atoms with Crippen molar-refractivity contribution in [1.29, 1.82) is 0 Å². The molecule has 0 fully saturated rings. The van der Waals surface area contributed by atoms with E-state index in [0.717, 1.165) is 27.2 Å². The molecule has 0 amide bonds. The second-order valence-corrected chi connectivity index (χ2v) is 5.57. The number of rotatable bonds is 4. The van der Waals surface area contributed by atoms with Crippen LogP contribution >= 0.6 is 11.3 Å². The molecule has 1 N–H and O–H groups in total. The summed E-state index contributed by atoms with van der Waals surface area (Å²) in [6, 6.07) is 4.23. The van der Waals surface area contributed by atoms with Crippen molar-refractivity contribution in [2.45, 2.75) is 27.7 Å². The van der Waals surface area contributed by atoms with E-state index in [-0.39, 0.29) is 0 Å². The summed E-state index contributed by atoms with van der Waals surface area (Å²) < 4.78 is 1.24. The number of hydrogen-bond acceptors (Lipinski definition) is 1. The van der Waals surface area contributed by atoms with Crippen molar-refractivity contribution < 1.29 is 0 Å². The normalized spacial score (nSPS) is 9.50. The van der Waals surface area contributed by atoms with Gasteiger partial charge in [0, 0.05) is 37.1 Å². The number of H-pyrrole nitrogens is 1. The Morgan fingerprint density at radius 1 is 0.833 bits per heavy atom. The SMILES string of the molecule is C=Cc1[nH]c2ccc3c(C=C)c(C=C)sc3c2c1C=C.CC.CC. The Bertz CT molecular complexity index is 875. The summed E-state index contributed by atoms with van der Waals surface area (Å²) in [6.45, 7) is 23.6. The lowest BCUT2D eigenvalue weighted by atomic mass is 10.1. The molecule has 3 rings (SSSR count). The van der Waals surface area contributed by atoms with E-state index in [2.05, 4.69) is 43.4 Å². The highest BCUT2D eigenvalue weighted by Gasteiger charge is 2.15. The van der Waals surface area contributed by atoms with Crippen LogP contribution in [0.3, 0.4) is 0 Å². The van der Waals surface area contributed by atoms with Gasteiger partial charge in [-0.15, -0.1) is 11.3 Å². The molecule has 0 aliphatic rings. The summed E-state index contributed by atoms with van der Waals surface area (Å²) in [7, 11) is 0. The van der Waals surface area contributed by atoms with Crippen molar-refractivity contribution in [1.82, 2.24) is 4.98 Å². The summed E-state index contributed by atoms with van der Waals surface area (Å²) in [5, 5.41) is 2.42. The summed E-state index contributed by atoms with van der Waals surface area (Å²) in [5.41, 5.74) is 4.37. The fourth-order valence-electron chi connectivity index (χ4n) is 2.65. The summed E-state index contributed by atoms with van der Waals surface area (Å²) >= 11 is 1.74. The van der Waals surface area contributed by atoms with Crippen LogP contribution in [-0.4, -0.2) is 4.98 Å². The van der Waals surface area contributed by atoms with Crippen molar-refractivity contribution in [3.05, 3.63) is 60.1 Å². The van der Waals surface area contributed by atoms with Crippen LogP contribution in [0.5, 0.6) is 0 Å². The lowest BCUT2D eigenvalue weighted by Crippen LogP contribution is -1.74.